The highest BCUT2D eigenvalue weighted by Crippen LogP contribution is 2.10. The van der Waals surface area contributed by atoms with E-state index in [9.17, 15) is 0 Å². The van der Waals surface area contributed by atoms with Crippen LogP contribution in [-0.4, -0.2) is 56.1 Å². The first-order valence-electron chi connectivity index (χ1n) is 6.14. The molecule has 17 heavy (non-hydrogen) atoms. The molecule has 0 unspecified atom stereocenters. The summed E-state index contributed by atoms with van der Waals surface area (Å²) in [6, 6.07) is 8.56. The van der Waals surface area contributed by atoms with Crippen LogP contribution < -0.4 is 5.32 Å². The number of rotatable bonds is 4. The van der Waals surface area contributed by atoms with Crippen molar-refractivity contribution >= 4 is 28.3 Å². The molecule has 0 atom stereocenters. The molecular weight excluding hydrogens is 325 g/mol. The molecular formula is C13H20IN3. The second-order valence-electron chi connectivity index (χ2n) is 4.58. The lowest BCUT2D eigenvalue weighted by atomic mass is 10.3. The molecule has 1 aliphatic heterocycles. The van der Waals surface area contributed by atoms with E-state index in [0.717, 1.165) is 13.1 Å². The molecule has 1 aliphatic rings. The Morgan fingerprint density at radius 3 is 2.41 bits per heavy atom. The minimum absolute atomic E-state index is 1.03. The fourth-order valence-corrected chi connectivity index (χ4v) is 2.36. The van der Waals surface area contributed by atoms with Gasteiger partial charge in [0.25, 0.3) is 0 Å². The Labute approximate surface area is 117 Å². The van der Waals surface area contributed by atoms with Gasteiger partial charge in [0.1, 0.15) is 0 Å². The van der Waals surface area contributed by atoms with Gasteiger partial charge in [-0.1, -0.05) is 0 Å². The van der Waals surface area contributed by atoms with Crippen molar-refractivity contribution in [3.05, 3.63) is 27.8 Å². The zero-order valence-corrected chi connectivity index (χ0v) is 12.5. The fourth-order valence-electron chi connectivity index (χ4n) is 2.00. The van der Waals surface area contributed by atoms with Crippen molar-refractivity contribution in [2.24, 2.45) is 0 Å². The number of piperazine rings is 1. The van der Waals surface area contributed by atoms with Crippen LogP contribution in [-0.2, 0) is 0 Å². The average Bonchev–Trinajstić information content (AvgIpc) is 2.34. The molecule has 0 saturated carbocycles. The van der Waals surface area contributed by atoms with E-state index in [1.54, 1.807) is 0 Å². The molecule has 0 bridgehead atoms. The molecule has 1 aromatic rings. The zero-order chi connectivity index (χ0) is 12.1. The van der Waals surface area contributed by atoms with Crippen LogP contribution in [0.15, 0.2) is 24.3 Å². The van der Waals surface area contributed by atoms with Crippen LogP contribution in [0.2, 0.25) is 0 Å². The van der Waals surface area contributed by atoms with Crippen LogP contribution in [0, 0.1) is 3.57 Å². The summed E-state index contributed by atoms with van der Waals surface area (Å²) in [5, 5.41) is 3.47. The van der Waals surface area contributed by atoms with Crippen molar-refractivity contribution in [3.63, 3.8) is 0 Å². The van der Waals surface area contributed by atoms with Gasteiger partial charge in [-0.15, -0.1) is 0 Å². The molecule has 0 aromatic heterocycles. The maximum atomic E-state index is 3.47. The standard InChI is InChI=1S/C13H20IN3/c1-16-8-10-17(11-9-16)7-6-15-13-4-2-12(14)3-5-13/h2-5,15H,6-11H2,1H3. The largest absolute Gasteiger partial charge is 0.384 e. The summed E-state index contributed by atoms with van der Waals surface area (Å²) in [4.78, 5) is 4.92. The van der Waals surface area contributed by atoms with Gasteiger partial charge in [-0.2, -0.15) is 0 Å². The van der Waals surface area contributed by atoms with Crippen molar-refractivity contribution in [3.8, 4) is 0 Å². The van der Waals surface area contributed by atoms with Gasteiger partial charge in [-0.3, -0.25) is 4.90 Å². The first kappa shape index (κ1) is 13.1. The number of benzene rings is 1. The minimum Gasteiger partial charge on any atom is -0.384 e. The average molecular weight is 345 g/mol. The lowest BCUT2D eigenvalue weighted by Gasteiger charge is -2.32. The topological polar surface area (TPSA) is 18.5 Å². The lowest BCUT2D eigenvalue weighted by Crippen LogP contribution is -2.45. The van der Waals surface area contributed by atoms with Crippen LogP contribution in [0.25, 0.3) is 0 Å². The highest BCUT2D eigenvalue weighted by Gasteiger charge is 2.12. The third-order valence-electron chi connectivity index (χ3n) is 3.20. The Hall–Kier alpha value is -0.330. The molecule has 1 aromatic carbocycles. The SMILES string of the molecule is CN1CCN(CCNc2ccc(I)cc2)CC1. The molecule has 2 rings (SSSR count). The predicted molar refractivity (Wildman–Crippen MR) is 81.6 cm³/mol. The van der Waals surface area contributed by atoms with Crippen LogP contribution in [0.4, 0.5) is 5.69 Å². The van der Waals surface area contributed by atoms with Crippen LogP contribution in [0.1, 0.15) is 0 Å². The number of nitrogens with one attached hydrogen (secondary N) is 1. The van der Waals surface area contributed by atoms with Gasteiger partial charge in [0.15, 0.2) is 0 Å². The number of nitrogens with zero attached hydrogens (tertiary/aromatic N) is 2. The number of likely N-dealkylation sites (N-methyl/N-ethyl adjacent to an activating group) is 1. The summed E-state index contributed by atoms with van der Waals surface area (Å²) in [6.45, 7) is 6.97. The number of halogens is 1. The maximum absolute atomic E-state index is 3.47. The van der Waals surface area contributed by atoms with Crippen molar-refractivity contribution in [1.29, 1.82) is 0 Å². The van der Waals surface area contributed by atoms with Crippen molar-refractivity contribution < 1.29 is 0 Å². The quantitative estimate of drug-likeness (QED) is 0.842. The number of hydrogen-bond donors (Lipinski definition) is 1. The van der Waals surface area contributed by atoms with E-state index in [-0.39, 0.29) is 0 Å². The van der Waals surface area contributed by atoms with Gasteiger partial charge >= 0.3 is 0 Å². The van der Waals surface area contributed by atoms with Gasteiger partial charge in [0, 0.05) is 48.5 Å². The minimum atomic E-state index is 1.03. The number of hydrogen-bond acceptors (Lipinski definition) is 3. The molecule has 1 saturated heterocycles. The third kappa shape index (κ3) is 4.44. The van der Waals surface area contributed by atoms with E-state index in [4.69, 9.17) is 0 Å². The highest BCUT2D eigenvalue weighted by molar-refractivity contribution is 14.1. The summed E-state index contributed by atoms with van der Waals surface area (Å²) in [7, 11) is 2.20. The highest BCUT2D eigenvalue weighted by atomic mass is 127. The van der Waals surface area contributed by atoms with E-state index in [0.29, 0.717) is 0 Å². The summed E-state index contributed by atoms with van der Waals surface area (Å²) in [5.74, 6) is 0. The molecule has 0 spiro atoms. The summed E-state index contributed by atoms with van der Waals surface area (Å²) >= 11 is 2.33. The monoisotopic (exact) mass is 345 g/mol. The van der Waals surface area contributed by atoms with E-state index < -0.39 is 0 Å². The zero-order valence-electron chi connectivity index (χ0n) is 10.3. The Morgan fingerprint density at radius 1 is 1.12 bits per heavy atom. The Balaban J connectivity index is 1.67. The normalized spacial score (nSPS) is 18.2. The Bertz CT molecular complexity index is 331. The van der Waals surface area contributed by atoms with Gasteiger partial charge in [-0.25, -0.2) is 0 Å². The molecule has 0 amide bonds. The molecule has 4 heteroatoms. The Morgan fingerprint density at radius 2 is 1.76 bits per heavy atom. The van der Waals surface area contributed by atoms with Crippen LogP contribution >= 0.6 is 22.6 Å². The molecule has 1 fully saturated rings. The number of anilines is 1. The van der Waals surface area contributed by atoms with Crippen LogP contribution in [0.3, 0.4) is 0 Å². The van der Waals surface area contributed by atoms with Gasteiger partial charge in [-0.05, 0) is 53.9 Å². The predicted octanol–water partition coefficient (Wildman–Crippen LogP) is 1.95. The van der Waals surface area contributed by atoms with Crippen LogP contribution in [0.5, 0.6) is 0 Å². The maximum Gasteiger partial charge on any atom is 0.0341 e. The molecule has 94 valence electrons. The molecule has 0 aliphatic carbocycles. The smallest absolute Gasteiger partial charge is 0.0341 e. The van der Waals surface area contributed by atoms with Gasteiger partial charge < -0.3 is 10.2 Å². The first-order valence-corrected chi connectivity index (χ1v) is 7.22. The van der Waals surface area contributed by atoms with Gasteiger partial charge in [0.05, 0.1) is 0 Å². The lowest BCUT2D eigenvalue weighted by molar-refractivity contribution is 0.158. The van der Waals surface area contributed by atoms with Crippen molar-refractivity contribution in [2.75, 3.05) is 51.6 Å². The molecule has 1 N–H and O–H groups in total. The van der Waals surface area contributed by atoms with E-state index in [1.165, 1.54) is 35.4 Å². The van der Waals surface area contributed by atoms with Gasteiger partial charge in [0.2, 0.25) is 0 Å². The molecule has 3 nitrogen and oxygen atoms in total. The Kier molecular flexibility index (Phi) is 5.06. The first-order chi connectivity index (χ1) is 8.24. The van der Waals surface area contributed by atoms with E-state index in [1.807, 2.05) is 0 Å². The third-order valence-corrected chi connectivity index (χ3v) is 3.92. The fraction of sp³-hybridized carbons (Fsp3) is 0.538. The van der Waals surface area contributed by atoms with Crippen molar-refractivity contribution in [1.82, 2.24) is 9.80 Å². The second-order valence-corrected chi connectivity index (χ2v) is 5.82. The van der Waals surface area contributed by atoms with Crippen molar-refractivity contribution in [2.45, 2.75) is 0 Å². The summed E-state index contributed by atoms with van der Waals surface area (Å²) < 4.78 is 1.28. The second kappa shape index (κ2) is 6.56. The van der Waals surface area contributed by atoms with E-state index in [2.05, 4.69) is 69.0 Å². The summed E-state index contributed by atoms with van der Waals surface area (Å²) in [5.41, 5.74) is 1.22. The molecule has 1 heterocycles. The summed E-state index contributed by atoms with van der Waals surface area (Å²) in [6.07, 6.45) is 0. The van der Waals surface area contributed by atoms with E-state index >= 15 is 0 Å². The molecule has 0 radical (unpaired) electrons.